The van der Waals surface area contributed by atoms with Crippen molar-refractivity contribution < 1.29 is 9.21 Å². The van der Waals surface area contributed by atoms with E-state index in [2.05, 4.69) is 0 Å². The van der Waals surface area contributed by atoms with Gasteiger partial charge in [0.1, 0.15) is 5.76 Å². The summed E-state index contributed by atoms with van der Waals surface area (Å²) in [5.74, 6) is 1.18. The van der Waals surface area contributed by atoms with Crippen LogP contribution < -0.4 is 0 Å². The highest BCUT2D eigenvalue weighted by atomic mass is 16.3. The zero-order valence-electron chi connectivity index (χ0n) is 9.65. The number of hydrogen-bond donors (Lipinski definition) is 0. The maximum absolute atomic E-state index is 11.9. The predicted octanol–water partition coefficient (Wildman–Crippen LogP) is 2.61. The van der Waals surface area contributed by atoms with Gasteiger partial charge in [-0.3, -0.25) is 4.79 Å². The van der Waals surface area contributed by atoms with E-state index in [9.17, 15) is 4.79 Å². The van der Waals surface area contributed by atoms with E-state index < -0.39 is 0 Å². The molecule has 1 fully saturated rings. The number of furan rings is 1. The average molecular weight is 221 g/mol. The first-order valence-corrected chi connectivity index (χ1v) is 6.16. The van der Waals surface area contributed by atoms with E-state index in [4.69, 9.17) is 4.42 Å². The topological polar surface area (TPSA) is 33.5 Å². The van der Waals surface area contributed by atoms with Gasteiger partial charge in [0.25, 0.3) is 0 Å². The van der Waals surface area contributed by atoms with Crippen LogP contribution in [0.25, 0.3) is 0 Å². The normalized spacial score (nSPS) is 17.1. The lowest BCUT2D eigenvalue weighted by Crippen LogP contribution is -2.31. The second-order valence-electron chi connectivity index (χ2n) is 4.37. The Kier molecular flexibility index (Phi) is 4.03. The van der Waals surface area contributed by atoms with Crippen LogP contribution in [-0.2, 0) is 11.2 Å². The van der Waals surface area contributed by atoms with Crippen molar-refractivity contribution in [2.75, 3.05) is 13.1 Å². The molecule has 1 aromatic rings. The van der Waals surface area contributed by atoms with Crippen LogP contribution in [0, 0.1) is 0 Å². The van der Waals surface area contributed by atoms with Crippen molar-refractivity contribution in [2.45, 2.75) is 38.5 Å². The fraction of sp³-hybridized carbons (Fsp3) is 0.615. The molecule has 0 aliphatic carbocycles. The highest BCUT2D eigenvalue weighted by molar-refractivity contribution is 5.76. The van der Waals surface area contributed by atoms with Gasteiger partial charge < -0.3 is 9.32 Å². The number of aryl methyl sites for hydroxylation is 1. The molecule has 88 valence electrons. The first kappa shape index (κ1) is 11.2. The quantitative estimate of drug-likeness (QED) is 0.786. The van der Waals surface area contributed by atoms with Gasteiger partial charge in [0.2, 0.25) is 5.91 Å². The van der Waals surface area contributed by atoms with Gasteiger partial charge in [-0.15, -0.1) is 0 Å². The lowest BCUT2D eigenvalue weighted by atomic mass is 10.2. The predicted molar refractivity (Wildman–Crippen MR) is 62.1 cm³/mol. The van der Waals surface area contributed by atoms with E-state index >= 15 is 0 Å². The van der Waals surface area contributed by atoms with Gasteiger partial charge in [-0.05, 0) is 25.0 Å². The summed E-state index contributed by atoms with van der Waals surface area (Å²) >= 11 is 0. The van der Waals surface area contributed by atoms with Gasteiger partial charge in [-0.1, -0.05) is 12.8 Å². The van der Waals surface area contributed by atoms with Crippen LogP contribution in [0.3, 0.4) is 0 Å². The first-order valence-electron chi connectivity index (χ1n) is 6.16. The van der Waals surface area contributed by atoms with Gasteiger partial charge >= 0.3 is 0 Å². The zero-order valence-corrected chi connectivity index (χ0v) is 9.65. The SMILES string of the molecule is O=C(CCc1ccco1)N1CCCCCC1. The number of likely N-dealkylation sites (tertiary alicyclic amines) is 1. The molecule has 16 heavy (non-hydrogen) atoms. The molecule has 1 aliphatic heterocycles. The van der Waals surface area contributed by atoms with Crippen LogP contribution in [0.4, 0.5) is 0 Å². The van der Waals surface area contributed by atoms with Crippen molar-refractivity contribution >= 4 is 5.91 Å². The Morgan fingerprint density at radius 2 is 2.00 bits per heavy atom. The summed E-state index contributed by atoms with van der Waals surface area (Å²) in [7, 11) is 0. The van der Waals surface area contributed by atoms with Crippen LogP contribution in [0.1, 0.15) is 37.9 Å². The number of carbonyl (C=O) groups is 1. The van der Waals surface area contributed by atoms with Crippen LogP contribution in [0.2, 0.25) is 0 Å². The smallest absolute Gasteiger partial charge is 0.223 e. The fourth-order valence-electron chi connectivity index (χ4n) is 2.16. The molecule has 1 aliphatic rings. The third-order valence-corrected chi connectivity index (χ3v) is 3.12. The number of rotatable bonds is 3. The van der Waals surface area contributed by atoms with Crippen molar-refractivity contribution in [1.82, 2.24) is 4.90 Å². The zero-order chi connectivity index (χ0) is 11.2. The third-order valence-electron chi connectivity index (χ3n) is 3.12. The maximum Gasteiger partial charge on any atom is 0.223 e. The molecule has 0 bridgehead atoms. The fourth-order valence-corrected chi connectivity index (χ4v) is 2.16. The molecule has 0 unspecified atom stereocenters. The molecular formula is C13H19NO2. The molecule has 2 heterocycles. The van der Waals surface area contributed by atoms with E-state index in [0.717, 1.165) is 38.1 Å². The number of amides is 1. The molecule has 0 N–H and O–H groups in total. The molecule has 0 spiro atoms. The summed E-state index contributed by atoms with van der Waals surface area (Å²) in [5, 5.41) is 0. The Labute approximate surface area is 96.4 Å². The summed E-state index contributed by atoms with van der Waals surface area (Å²) < 4.78 is 5.23. The van der Waals surface area contributed by atoms with Gasteiger partial charge in [-0.2, -0.15) is 0 Å². The highest BCUT2D eigenvalue weighted by Gasteiger charge is 2.15. The maximum atomic E-state index is 11.9. The average Bonchev–Trinajstić information content (AvgIpc) is 2.66. The van der Waals surface area contributed by atoms with Crippen molar-refractivity contribution in [3.63, 3.8) is 0 Å². The van der Waals surface area contributed by atoms with Gasteiger partial charge in [0.05, 0.1) is 6.26 Å². The van der Waals surface area contributed by atoms with Crippen molar-refractivity contribution in [3.8, 4) is 0 Å². The van der Waals surface area contributed by atoms with Gasteiger partial charge in [-0.25, -0.2) is 0 Å². The minimum atomic E-state index is 0.276. The third kappa shape index (κ3) is 3.12. The lowest BCUT2D eigenvalue weighted by molar-refractivity contribution is -0.131. The molecule has 1 amide bonds. The second-order valence-corrected chi connectivity index (χ2v) is 4.37. The van der Waals surface area contributed by atoms with Crippen LogP contribution >= 0.6 is 0 Å². The molecule has 0 saturated carbocycles. The number of carbonyl (C=O) groups excluding carboxylic acids is 1. The lowest BCUT2D eigenvalue weighted by Gasteiger charge is -2.19. The standard InChI is InChI=1S/C13H19NO2/c15-13(8-7-12-6-5-11-16-12)14-9-3-1-2-4-10-14/h5-6,11H,1-4,7-10H2. The second kappa shape index (κ2) is 5.73. The molecule has 3 nitrogen and oxygen atoms in total. The molecule has 1 saturated heterocycles. The molecule has 1 aromatic heterocycles. The Hall–Kier alpha value is -1.25. The van der Waals surface area contributed by atoms with E-state index in [1.807, 2.05) is 17.0 Å². The largest absolute Gasteiger partial charge is 0.469 e. The summed E-state index contributed by atoms with van der Waals surface area (Å²) in [6.45, 7) is 1.88. The molecule has 3 heteroatoms. The monoisotopic (exact) mass is 221 g/mol. The van der Waals surface area contributed by atoms with Crippen LogP contribution in [0.15, 0.2) is 22.8 Å². The van der Waals surface area contributed by atoms with E-state index in [-0.39, 0.29) is 5.91 Å². The van der Waals surface area contributed by atoms with Crippen LogP contribution in [-0.4, -0.2) is 23.9 Å². The molecule has 2 rings (SSSR count). The molecular weight excluding hydrogens is 202 g/mol. The molecule has 0 atom stereocenters. The Balaban J connectivity index is 1.78. The minimum Gasteiger partial charge on any atom is -0.469 e. The Morgan fingerprint density at radius 3 is 2.62 bits per heavy atom. The van der Waals surface area contributed by atoms with E-state index in [1.165, 1.54) is 12.8 Å². The Morgan fingerprint density at radius 1 is 1.25 bits per heavy atom. The molecule has 0 radical (unpaired) electrons. The Bertz CT molecular complexity index is 311. The van der Waals surface area contributed by atoms with Crippen molar-refractivity contribution in [3.05, 3.63) is 24.2 Å². The van der Waals surface area contributed by atoms with Crippen molar-refractivity contribution in [1.29, 1.82) is 0 Å². The summed E-state index contributed by atoms with van der Waals surface area (Å²) in [6, 6.07) is 3.79. The first-order chi connectivity index (χ1) is 7.86. The van der Waals surface area contributed by atoms with E-state index in [1.54, 1.807) is 6.26 Å². The number of hydrogen-bond acceptors (Lipinski definition) is 2. The summed E-state index contributed by atoms with van der Waals surface area (Å²) in [6.07, 6.45) is 7.81. The number of nitrogens with zero attached hydrogens (tertiary/aromatic N) is 1. The van der Waals surface area contributed by atoms with Crippen molar-refractivity contribution in [2.24, 2.45) is 0 Å². The minimum absolute atomic E-state index is 0.276. The van der Waals surface area contributed by atoms with Gasteiger partial charge in [0.15, 0.2) is 0 Å². The van der Waals surface area contributed by atoms with Gasteiger partial charge in [0, 0.05) is 25.9 Å². The highest BCUT2D eigenvalue weighted by Crippen LogP contribution is 2.12. The molecule has 0 aromatic carbocycles. The summed E-state index contributed by atoms with van der Waals surface area (Å²) in [5.41, 5.74) is 0. The van der Waals surface area contributed by atoms with E-state index in [0.29, 0.717) is 6.42 Å². The van der Waals surface area contributed by atoms with Crippen LogP contribution in [0.5, 0.6) is 0 Å². The summed E-state index contributed by atoms with van der Waals surface area (Å²) in [4.78, 5) is 13.9.